The van der Waals surface area contributed by atoms with Gasteiger partial charge in [0.25, 0.3) is 5.91 Å². The van der Waals surface area contributed by atoms with Crippen LogP contribution in [0.4, 0.5) is 5.69 Å². The Balaban J connectivity index is 1.24. The second-order valence-corrected chi connectivity index (χ2v) is 9.55. The van der Waals surface area contributed by atoms with Crippen molar-refractivity contribution in [2.45, 2.75) is 37.8 Å². The molecule has 0 aliphatic carbocycles. The average molecular weight is 489 g/mol. The van der Waals surface area contributed by atoms with E-state index >= 15 is 0 Å². The molecule has 8 heteroatoms. The molecule has 3 heterocycles. The molecule has 3 fully saturated rings. The summed E-state index contributed by atoms with van der Waals surface area (Å²) in [6, 6.07) is 16.8. The third-order valence-electron chi connectivity index (χ3n) is 7.24. The van der Waals surface area contributed by atoms with Crippen LogP contribution in [0.5, 0.6) is 5.75 Å². The standard InChI is InChI=1S/C28H32N4O4/c29-20-21-5-7-22(8-6-21)26-27(28(34)32(26)14-2-1-13-30-16-18-35-19-17-30)36-24-11-9-23(10-12-24)31-15-3-4-25(31)33/h5-12,26-27H,1-4,13-19H2/t26-,27-/m0/s1. The second-order valence-electron chi connectivity index (χ2n) is 9.55. The Bertz CT molecular complexity index is 1110. The first kappa shape index (κ1) is 24.3. The van der Waals surface area contributed by atoms with E-state index < -0.39 is 6.10 Å². The van der Waals surface area contributed by atoms with Crippen LogP contribution in [0, 0.1) is 11.3 Å². The molecular weight excluding hydrogens is 456 g/mol. The number of likely N-dealkylation sites (tertiary alicyclic amines) is 1. The molecule has 36 heavy (non-hydrogen) atoms. The molecule has 0 radical (unpaired) electrons. The van der Waals surface area contributed by atoms with Crippen molar-refractivity contribution in [1.82, 2.24) is 9.80 Å². The highest BCUT2D eigenvalue weighted by atomic mass is 16.5. The summed E-state index contributed by atoms with van der Waals surface area (Å²) in [4.78, 5) is 31.3. The summed E-state index contributed by atoms with van der Waals surface area (Å²) in [7, 11) is 0. The number of amides is 2. The van der Waals surface area contributed by atoms with Gasteiger partial charge in [0.15, 0.2) is 0 Å². The Kier molecular flexibility index (Phi) is 7.49. The highest BCUT2D eigenvalue weighted by Crippen LogP contribution is 2.38. The van der Waals surface area contributed by atoms with Crippen molar-refractivity contribution in [2.24, 2.45) is 0 Å². The van der Waals surface area contributed by atoms with Crippen molar-refractivity contribution in [3.05, 3.63) is 59.7 Å². The van der Waals surface area contributed by atoms with E-state index in [0.717, 1.165) is 69.9 Å². The van der Waals surface area contributed by atoms with Crippen LogP contribution in [0.1, 0.15) is 42.9 Å². The monoisotopic (exact) mass is 488 g/mol. The van der Waals surface area contributed by atoms with Gasteiger partial charge in [-0.2, -0.15) is 5.26 Å². The summed E-state index contributed by atoms with van der Waals surface area (Å²) in [6.07, 6.45) is 2.79. The van der Waals surface area contributed by atoms with Crippen molar-refractivity contribution in [1.29, 1.82) is 5.26 Å². The van der Waals surface area contributed by atoms with Crippen LogP contribution in [0.3, 0.4) is 0 Å². The fourth-order valence-corrected chi connectivity index (χ4v) is 5.21. The molecule has 2 atom stereocenters. The first-order chi connectivity index (χ1) is 17.6. The van der Waals surface area contributed by atoms with Crippen molar-refractivity contribution < 1.29 is 19.1 Å². The number of ether oxygens (including phenoxy) is 2. The molecule has 3 aliphatic heterocycles. The summed E-state index contributed by atoms with van der Waals surface area (Å²) in [6.45, 7) is 5.94. The zero-order valence-electron chi connectivity index (χ0n) is 20.5. The Hall–Kier alpha value is -3.41. The Labute approximate surface area is 212 Å². The van der Waals surface area contributed by atoms with Crippen LogP contribution >= 0.6 is 0 Å². The van der Waals surface area contributed by atoms with E-state index in [1.165, 1.54) is 0 Å². The maximum atomic E-state index is 13.2. The minimum Gasteiger partial charge on any atom is -0.478 e. The van der Waals surface area contributed by atoms with Gasteiger partial charge in [-0.25, -0.2) is 0 Å². The fourth-order valence-electron chi connectivity index (χ4n) is 5.21. The van der Waals surface area contributed by atoms with E-state index in [-0.39, 0.29) is 17.9 Å². The van der Waals surface area contributed by atoms with E-state index in [9.17, 15) is 14.9 Å². The molecular formula is C28H32N4O4. The molecule has 0 saturated carbocycles. The third kappa shape index (κ3) is 5.23. The zero-order chi connectivity index (χ0) is 24.9. The lowest BCUT2D eigenvalue weighted by Gasteiger charge is -2.47. The number of hydrogen-bond acceptors (Lipinski definition) is 6. The lowest BCUT2D eigenvalue weighted by atomic mass is 9.89. The van der Waals surface area contributed by atoms with Gasteiger partial charge in [0.05, 0.1) is 24.8 Å². The average Bonchev–Trinajstić information content (AvgIpc) is 3.36. The Morgan fingerprint density at radius 3 is 2.33 bits per heavy atom. The van der Waals surface area contributed by atoms with Crippen molar-refractivity contribution in [3.8, 4) is 11.8 Å². The molecule has 3 aliphatic rings. The maximum Gasteiger partial charge on any atom is 0.266 e. The highest BCUT2D eigenvalue weighted by Gasteiger charge is 2.49. The second kappa shape index (κ2) is 11.1. The molecule has 5 rings (SSSR count). The van der Waals surface area contributed by atoms with Crippen LogP contribution in [0.15, 0.2) is 48.5 Å². The number of carbonyl (C=O) groups is 2. The van der Waals surface area contributed by atoms with Crippen molar-refractivity contribution in [3.63, 3.8) is 0 Å². The molecule has 0 unspecified atom stereocenters. The topological polar surface area (TPSA) is 86.1 Å². The lowest BCUT2D eigenvalue weighted by molar-refractivity contribution is -0.164. The maximum absolute atomic E-state index is 13.2. The summed E-state index contributed by atoms with van der Waals surface area (Å²) < 4.78 is 11.6. The quantitative estimate of drug-likeness (QED) is 0.398. The molecule has 8 nitrogen and oxygen atoms in total. The number of morpholine rings is 1. The Morgan fingerprint density at radius 1 is 0.944 bits per heavy atom. The van der Waals surface area contributed by atoms with Gasteiger partial charge >= 0.3 is 0 Å². The van der Waals surface area contributed by atoms with Gasteiger partial charge in [0.2, 0.25) is 12.0 Å². The minimum absolute atomic E-state index is 0.0190. The fraction of sp³-hybridized carbons (Fsp3) is 0.464. The smallest absolute Gasteiger partial charge is 0.266 e. The lowest BCUT2D eigenvalue weighted by Crippen LogP contribution is -2.61. The molecule has 3 saturated heterocycles. The van der Waals surface area contributed by atoms with Crippen LogP contribution in [0.25, 0.3) is 0 Å². The number of anilines is 1. The predicted octanol–water partition coefficient (Wildman–Crippen LogP) is 3.13. The van der Waals surface area contributed by atoms with Crippen LogP contribution in [-0.2, 0) is 14.3 Å². The molecule has 2 aromatic carbocycles. The van der Waals surface area contributed by atoms with E-state index in [1.54, 1.807) is 17.0 Å². The zero-order valence-corrected chi connectivity index (χ0v) is 20.5. The van der Waals surface area contributed by atoms with Gasteiger partial charge in [-0.1, -0.05) is 12.1 Å². The largest absolute Gasteiger partial charge is 0.478 e. The summed E-state index contributed by atoms with van der Waals surface area (Å²) in [5.74, 6) is 0.729. The highest BCUT2D eigenvalue weighted by molar-refractivity contribution is 5.95. The molecule has 0 bridgehead atoms. The first-order valence-corrected chi connectivity index (χ1v) is 12.8. The molecule has 0 aromatic heterocycles. The van der Waals surface area contributed by atoms with Gasteiger partial charge in [-0.05, 0) is 67.8 Å². The summed E-state index contributed by atoms with van der Waals surface area (Å²) in [5.41, 5.74) is 2.41. The number of nitriles is 1. The van der Waals surface area contributed by atoms with E-state index in [0.29, 0.717) is 24.3 Å². The molecule has 0 N–H and O–H groups in total. The molecule has 2 amide bonds. The summed E-state index contributed by atoms with van der Waals surface area (Å²) in [5, 5.41) is 9.17. The minimum atomic E-state index is -0.614. The number of carbonyl (C=O) groups excluding carboxylic acids is 2. The van der Waals surface area contributed by atoms with Crippen LogP contribution in [-0.4, -0.2) is 73.7 Å². The number of nitrogens with zero attached hydrogens (tertiary/aromatic N) is 4. The number of β-lactam (4-membered cyclic amide) rings is 1. The number of hydrogen-bond donors (Lipinski definition) is 0. The van der Waals surface area contributed by atoms with Gasteiger partial charge in [-0.3, -0.25) is 14.5 Å². The van der Waals surface area contributed by atoms with Crippen molar-refractivity contribution >= 4 is 17.5 Å². The van der Waals surface area contributed by atoms with E-state index in [2.05, 4.69) is 11.0 Å². The van der Waals surface area contributed by atoms with Gasteiger partial charge in [-0.15, -0.1) is 0 Å². The Morgan fingerprint density at radius 2 is 1.67 bits per heavy atom. The number of rotatable bonds is 9. The third-order valence-corrected chi connectivity index (χ3v) is 7.24. The van der Waals surface area contributed by atoms with Gasteiger partial charge in [0, 0.05) is 38.3 Å². The van der Waals surface area contributed by atoms with Crippen LogP contribution < -0.4 is 9.64 Å². The van der Waals surface area contributed by atoms with E-state index in [4.69, 9.17) is 9.47 Å². The molecule has 2 aromatic rings. The number of unbranched alkanes of at least 4 members (excludes halogenated alkanes) is 1. The normalized spacial score (nSPS) is 22.4. The molecule has 188 valence electrons. The molecule has 0 spiro atoms. The SMILES string of the molecule is N#Cc1ccc([C@H]2[C@H](Oc3ccc(N4CCCC4=O)cc3)C(=O)N2CCCCN2CCOCC2)cc1. The predicted molar refractivity (Wildman–Crippen MR) is 135 cm³/mol. The van der Waals surface area contributed by atoms with Crippen molar-refractivity contribution in [2.75, 3.05) is 50.8 Å². The number of benzene rings is 2. The van der Waals surface area contributed by atoms with E-state index in [1.807, 2.05) is 41.3 Å². The van der Waals surface area contributed by atoms with Gasteiger partial charge in [0.1, 0.15) is 11.8 Å². The first-order valence-electron chi connectivity index (χ1n) is 12.8. The van der Waals surface area contributed by atoms with Crippen LogP contribution in [0.2, 0.25) is 0 Å². The summed E-state index contributed by atoms with van der Waals surface area (Å²) >= 11 is 0. The van der Waals surface area contributed by atoms with Gasteiger partial charge < -0.3 is 19.3 Å².